The lowest BCUT2D eigenvalue weighted by Crippen LogP contribution is -2.31. The first-order chi connectivity index (χ1) is 11.2. The van der Waals surface area contributed by atoms with Gasteiger partial charge in [-0.2, -0.15) is 5.10 Å². The average Bonchev–Trinajstić information content (AvgIpc) is 3.34. The number of hydrogen-bond donors (Lipinski definition) is 1. The van der Waals surface area contributed by atoms with Gasteiger partial charge in [0.05, 0.1) is 12.2 Å². The zero-order valence-corrected chi connectivity index (χ0v) is 13.4. The maximum absolute atomic E-state index is 12.7. The number of para-hydroxylation sites is 1. The van der Waals surface area contributed by atoms with Crippen LogP contribution in [0.5, 0.6) is 0 Å². The Bertz CT molecular complexity index is 729. The third kappa shape index (κ3) is 3.52. The molecule has 1 aromatic heterocycles. The lowest BCUT2D eigenvalue weighted by Gasteiger charge is -2.04. The topological polar surface area (TPSA) is 68.9 Å². The van der Waals surface area contributed by atoms with E-state index >= 15 is 0 Å². The Morgan fingerprint density at radius 3 is 2.70 bits per heavy atom. The first-order valence-corrected chi connectivity index (χ1v) is 8.22. The molecule has 1 aliphatic carbocycles. The van der Waals surface area contributed by atoms with Gasteiger partial charge in [0.1, 0.15) is 5.82 Å². The third-order valence-corrected chi connectivity index (χ3v) is 3.94. The van der Waals surface area contributed by atoms with Crippen molar-refractivity contribution in [1.29, 1.82) is 0 Å². The second kappa shape index (κ2) is 6.81. The van der Waals surface area contributed by atoms with Crippen molar-refractivity contribution in [2.24, 2.45) is 0 Å². The lowest BCUT2D eigenvalue weighted by molar-refractivity contribution is -0.121. The van der Waals surface area contributed by atoms with E-state index in [2.05, 4.69) is 10.4 Å². The number of rotatable bonds is 7. The summed E-state index contributed by atoms with van der Waals surface area (Å²) in [5, 5.41) is 7.33. The van der Waals surface area contributed by atoms with Gasteiger partial charge in [0.25, 0.3) is 0 Å². The van der Waals surface area contributed by atoms with Crippen molar-refractivity contribution in [3.05, 3.63) is 46.6 Å². The summed E-state index contributed by atoms with van der Waals surface area (Å²) in [6.45, 7) is 2.79. The van der Waals surface area contributed by atoms with Gasteiger partial charge >= 0.3 is 5.69 Å². The molecule has 1 amide bonds. The van der Waals surface area contributed by atoms with Crippen LogP contribution in [0.4, 0.5) is 0 Å². The molecule has 1 saturated carbocycles. The molecular formula is C17H22N4O2. The van der Waals surface area contributed by atoms with Crippen LogP contribution in [0.3, 0.4) is 0 Å². The van der Waals surface area contributed by atoms with Gasteiger partial charge in [0.2, 0.25) is 5.91 Å². The van der Waals surface area contributed by atoms with Crippen molar-refractivity contribution in [1.82, 2.24) is 19.7 Å². The number of carbonyl (C=O) groups excluding carboxylic acids is 1. The van der Waals surface area contributed by atoms with Gasteiger partial charge in [-0.25, -0.2) is 14.0 Å². The Hall–Kier alpha value is -2.37. The summed E-state index contributed by atoms with van der Waals surface area (Å²) in [5.74, 6) is 1.23. The van der Waals surface area contributed by atoms with Gasteiger partial charge in [0.15, 0.2) is 0 Å². The second-order valence-corrected chi connectivity index (χ2v) is 5.91. The highest BCUT2D eigenvalue weighted by molar-refractivity contribution is 5.75. The van der Waals surface area contributed by atoms with E-state index in [-0.39, 0.29) is 11.6 Å². The molecule has 23 heavy (non-hydrogen) atoms. The van der Waals surface area contributed by atoms with Crippen LogP contribution in [0.2, 0.25) is 0 Å². The minimum atomic E-state index is -0.136. The lowest BCUT2D eigenvalue weighted by atomic mass is 10.3. The van der Waals surface area contributed by atoms with E-state index in [0.29, 0.717) is 25.4 Å². The van der Waals surface area contributed by atoms with Crippen molar-refractivity contribution in [2.75, 3.05) is 6.54 Å². The highest BCUT2D eigenvalue weighted by Crippen LogP contribution is 2.39. The van der Waals surface area contributed by atoms with Gasteiger partial charge in [-0.3, -0.25) is 4.79 Å². The molecule has 1 aromatic carbocycles. The predicted octanol–water partition coefficient (Wildman–Crippen LogP) is 1.83. The molecular weight excluding hydrogens is 292 g/mol. The SMILES string of the molecule is CCCC(=O)NCCn1nc(C2CC2)n(-c2ccccc2)c1=O. The molecule has 0 radical (unpaired) electrons. The molecule has 0 saturated heterocycles. The van der Waals surface area contributed by atoms with Crippen molar-refractivity contribution >= 4 is 5.91 Å². The molecule has 0 spiro atoms. The second-order valence-electron chi connectivity index (χ2n) is 5.91. The van der Waals surface area contributed by atoms with E-state index < -0.39 is 0 Å². The van der Waals surface area contributed by atoms with E-state index in [0.717, 1.165) is 30.8 Å². The van der Waals surface area contributed by atoms with Crippen molar-refractivity contribution < 1.29 is 4.79 Å². The van der Waals surface area contributed by atoms with Crippen LogP contribution in [0.1, 0.15) is 44.3 Å². The molecule has 0 aliphatic heterocycles. The largest absolute Gasteiger partial charge is 0.354 e. The standard InChI is InChI=1S/C17H22N4O2/c1-2-6-15(22)18-11-12-20-17(23)21(14-7-4-3-5-8-14)16(19-20)13-9-10-13/h3-5,7-8,13H,2,6,9-12H2,1H3,(H,18,22). The highest BCUT2D eigenvalue weighted by atomic mass is 16.2. The maximum Gasteiger partial charge on any atom is 0.350 e. The molecule has 1 aliphatic rings. The predicted molar refractivity (Wildman–Crippen MR) is 87.7 cm³/mol. The van der Waals surface area contributed by atoms with Gasteiger partial charge in [0, 0.05) is 18.9 Å². The fourth-order valence-corrected chi connectivity index (χ4v) is 2.61. The minimum absolute atomic E-state index is 0.0189. The van der Waals surface area contributed by atoms with Crippen LogP contribution >= 0.6 is 0 Å². The summed E-state index contributed by atoms with van der Waals surface area (Å²) in [5.41, 5.74) is 0.712. The van der Waals surface area contributed by atoms with Crippen molar-refractivity contribution in [2.45, 2.75) is 45.1 Å². The fourth-order valence-electron chi connectivity index (χ4n) is 2.61. The quantitative estimate of drug-likeness (QED) is 0.847. The zero-order chi connectivity index (χ0) is 16.2. The number of nitrogens with one attached hydrogen (secondary N) is 1. The van der Waals surface area contributed by atoms with Crippen LogP contribution in [0.15, 0.2) is 35.1 Å². The molecule has 1 heterocycles. The molecule has 6 heteroatoms. The Morgan fingerprint density at radius 2 is 2.04 bits per heavy atom. The zero-order valence-electron chi connectivity index (χ0n) is 13.4. The number of amides is 1. The Morgan fingerprint density at radius 1 is 1.30 bits per heavy atom. The van der Waals surface area contributed by atoms with E-state index in [1.54, 1.807) is 4.57 Å². The molecule has 3 rings (SSSR count). The summed E-state index contributed by atoms with van der Waals surface area (Å²) >= 11 is 0. The first kappa shape index (κ1) is 15.5. The normalized spacial score (nSPS) is 14.0. The smallest absolute Gasteiger partial charge is 0.350 e. The summed E-state index contributed by atoms with van der Waals surface area (Å²) in [6.07, 6.45) is 3.49. The van der Waals surface area contributed by atoms with E-state index in [1.807, 2.05) is 37.3 Å². The Labute approximate surface area is 135 Å². The number of benzene rings is 1. The Balaban J connectivity index is 1.80. The van der Waals surface area contributed by atoms with Crippen LogP contribution in [0.25, 0.3) is 5.69 Å². The van der Waals surface area contributed by atoms with Crippen LogP contribution < -0.4 is 11.0 Å². The molecule has 1 fully saturated rings. The van der Waals surface area contributed by atoms with Crippen molar-refractivity contribution in [3.63, 3.8) is 0 Å². The van der Waals surface area contributed by atoms with Gasteiger partial charge in [-0.05, 0) is 31.4 Å². The fraction of sp³-hybridized carbons (Fsp3) is 0.471. The van der Waals surface area contributed by atoms with Crippen LogP contribution in [-0.2, 0) is 11.3 Å². The van der Waals surface area contributed by atoms with Gasteiger partial charge in [-0.15, -0.1) is 0 Å². The van der Waals surface area contributed by atoms with Gasteiger partial charge < -0.3 is 5.32 Å². The average molecular weight is 314 g/mol. The summed E-state index contributed by atoms with van der Waals surface area (Å²) in [4.78, 5) is 24.2. The number of aromatic nitrogens is 3. The summed E-state index contributed by atoms with van der Waals surface area (Å²) in [6, 6.07) is 9.60. The highest BCUT2D eigenvalue weighted by Gasteiger charge is 2.31. The van der Waals surface area contributed by atoms with E-state index in [1.165, 1.54) is 4.68 Å². The molecule has 0 bridgehead atoms. The molecule has 1 N–H and O–H groups in total. The van der Waals surface area contributed by atoms with E-state index in [4.69, 9.17) is 0 Å². The third-order valence-electron chi connectivity index (χ3n) is 3.94. The number of nitrogens with zero attached hydrogens (tertiary/aromatic N) is 3. The van der Waals surface area contributed by atoms with Crippen LogP contribution in [0, 0.1) is 0 Å². The molecule has 2 aromatic rings. The molecule has 122 valence electrons. The number of hydrogen-bond acceptors (Lipinski definition) is 3. The Kier molecular flexibility index (Phi) is 4.60. The maximum atomic E-state index is 12.7. The minimum Gasteiger partial charge on any atom is -0.354 e. The summed E-state index contributed by atoms with van der Waals surface area (Å²) in [7, 11) is 0. The molecule has 0 unspecified atom stereocenters. The van der Waals surface area contributed by atoms with Gasteiger partial charge in [-0.1, -0.05) is 25.1 Å². The first-order valence-electron chi connectivity index (χ1n) is 8.22. The van der Waals surface area contributed by atoms with Crippen molar-refractivity contribution in [3.8, 4) is 5.69 Å². The van der Waals surface area contributed by atoms with Crippen LogP contribution in [-0.4, -0.2) is 26.8 Å². The summed E-state index contributed by atoms with van der Waals surface area (Å²) < 4.78 is 3.17. The molecule has 6 nitrogen and oxygen atoms in total. The molecule has 0 atom stereocenters. The van der Waals surface area contributed by atoms with E-state index in [9.17, 15) is 9.59 Å². The monoisotopic (exact) mass is 314 g/mol. The number of carbonyl (C=O) groups is 1.